The normalized spacial score (nSPS) is 12.6. The molecule has 0 radical (unpaired) electrons. The molecular weight excluding hydrogens is 589 g/mol. The lowest BCUT2D eigenvalue weighted by atomic mass is 10.1. The van der Waals surface area contributed by atoms with Crippen molar-refractivity contribution < 1.29 is 9.59 Å². The molecule has 0 aliphatic carbocycles. The molecular formula is C34H56N6O2S2. The molecule has 2 unspecified atom stereocenters. The van der Waals surface area contributed by atoms with Crippen molar-refractivity contribution in [1.29, 1.82) is 0 Å². The van der Waals surface area contributed by atoms with Crippen molar-refractivity contribution in [3.63, 3.8) is 0 Å². The van der Waals surface area contributed by atoms with Crippen LogP contribution in [-0.2, 0) is 12.8 Å². The van der Waals surface area contributed by atoms with Crippen LogP contribution in [0.4, 0.5) is 9.59 Å². The van der Waals surface area contributed by atoms with Gasteiger partial charge in [-0.05, 0) is 48.6 Å². The van der Waals surface area contributed by atoms with E-state index in [1.807, 2.05) is 46.2 Å². The molecule has 2 aromatic rings. The number of benzene rings is 2. The average Bonchev–Trinajstić information content (AvgIpc) is 3.00. The maximum absolute atomic E-state index is 13.3. The van der Waals surface area contributed by atoms with E-state index in [-0.39, 0.29) is 24.1 Å². The van der Waals surface area contributed by atoms with Crippen LogP contribution in [0.2, 0.25) is 0 Å². The maximum atomic E-state index is 13.3. The number of nitrogens with two attached hydrogens (primary N) is 2. The Morgan fingerprint density at radius 3 is 1.32 bits per heavy atom. The second kappa shape index (κ2) is 22.2. The Hall–Kier alpha value is -2.40. The Bertz CT molecular complexity index is 961. The first-order valence-corrected chi connectivity index (χ1v) is 18.5. The SMILES string of the molecule is CC(C)CCN(CCN)C(=O)NC(CSSCC(Cc1ccccc1)NC(=O)N(CCN)CCC(C)C)Cc1ccccc1. The number of amides is 4. The van der Waals surface area contributed by atoms with Gasteiger partial charge < -0.3 is 31.9 Å². The van der Waals surface area contributed by atoms with Gasteiger partial charge in [0.2, 0.25) is 0 Å². The number of carbonyl (C=O) groups excluding carboxylic acids is 2. The van der Waals surface area contributed by atoms with Gasteiger partial charge in [-0.1, -0.05) is 110 Å². The fourth-order valence-electron chi connectivity index (χ4n) is 4.66. The minimum atomic E-state index is -0.0572. The van der Waals surface area contributed by atoms with E-state index in [0.717, 1.165) is 37.2 Å². The van der Waals surface area contributed by atoms with Crippen LogP contribution in [0.3, 0.4) is 0 Å². The molecule has 0 aromatic heterocycles. The highest BCUT2D eigenvalue weighted by Crippen LogP contribution is 2.25. The Morgan fingerprint density at radius 1 is 0.636 bits per heavy atom. The lowest BCUT2D eigenvalue weighted by Gasteiger charge is -2.28. The van der Waals surface area contributed by atoms with Crippen molar-refractivity contribution in [2.75, 3.05) is 50.8 Å². The summed E-state index contributed by atoms with van der Waals surface area (Å²) in [6.45, 7) is 12.0. The van der Waals surface area contributed by atoms with Gasteiger partial charge >= 0.3 is 12.1 Å². The summed E-state index contributed by atoms with van der Waals surface area (Å²) in [5.74, 6) is 2.51. The van der Waals surface area contributed by atoms with E-state index in [2.05, 4.69) is 62.6 Å². The fraction of sp³-hybridized carbons (Fsp3) is 0.588. The number of carbonyl (C=O) groups is 2. The highest BCUT2D eigenvalue weighted by Gasteiger charge is 2.21. The van der Waals surface area contributed by atoms with Gasteiger partial charge in [0.1, 0.15) is 0 Å². The minimum Gasteiger partial charge on any atom is -0.334 e. The maximum Gasteiger partial charge on any atom is 0.317 e. The van der Waals surface area contributed by atoms with Gasteiger partial charge in [0.15, 0.2) is 0 Å². The highest BCUT2D eigenvalue weighted by atomic mass is 33.1. The Kier molecular flexibility index (Phi) is 19.0. The molecule has 2 atom stereocenters. The van der Waals surface area contributed by atoms with Crippen LogP contribution in [0.5, 0.6) is 0 Å². The van der Waals surface area contributed by atoms with Crippen molar-refractivity contribution in [2.24, 2.45) is 23.3 Å². The zero-order valence-corrected chi connectivity index (χ0v) is 28.9. The molecule has 44 heavy (non-hydrogen) atoms. The summed E-state index contributed by atoms with van der Waals surface area (Å²) in [7, 11) is 3.48. The van der Waals surface area contributed by atoms with Gasteiger partial charge in [0.05, 0.1) is 0 Å². The average molecular weight is 645 g/mol. The van der Waals surface area contributed by atoms with E-state index in [9.17, 15) is 9.59 Å². The van der Waals surface area contributed by atoms with Crippen molar-refractivity contribution in [2.45, 2.75) is 65.5 Å². The first kappa shape index (κ1) is 37.8. The molecule has 4 amide bonds. The van der Waals surface area contributed by atoms with E-state index < -0.39 is 0 Å². The lowest BCUT2D eigenvalue weighted by Crippen LogP contribution is -2.49. The summed E-state index contributed by atoms with van der Waals surface area (Å²) >= 11 is 0. The zero-order valence-electron chi connectivity index (χ0n) is 27.3. The van der Waals surface area contributed by atoms with Crippen LogP contribution in [0.15, 0.2) is 60.7 Å². The summed E-state index contributed by atoms with van der Waals surface area (Å²) < 4.78 is 0. The molecule has 8 nitrogen and oxygen atoms in total. The summed E-state index contributed by atoms with van der Waals surface area (Å²) in [6.07, 6.45) is 3.37. The number of hydrogen-bond donors (Lipinski definition) is 4. The van der Waals surface area contributed by atoms with Crippen LogP contribution in [0.25, 0.3) is 0 Å². The van der Waals surface area contributed by atoms with Gasteiger partial charge in [-0.2, -0.15) is 0 Å². The van der Waals surface area contributed by atoms with E-state index in [0.29, 0.717) is 51.1 Å². The Morgan fingerprint density at radius 2 is 1.00 bits per heavy atom. The third-order valence-electron chi connectivity index (χ3n) is 7.25. The number of rotatable bonds is 21. The van der Waals surface area contributed by atoms with Gasteiger partial charge in [-0.25, -0.2) is 9.59 Å². The van der Waals surface area contributed by atoms with Gasteiger partial charge in [0, 0.05) is 62.9 Å². The molecule has 0 saturated heterocycles. The molecule has 0 fully saturated rings. The van der Waals surface area contributed by atoms with Crippen LogP contribution >= 0.6 is 21.6 Å². The minimum absolute atomic E-state index is 0.0417. The fourth-order valence-corrected chi connectivity index (χ4v) is 7.15. The number of urea groups is 2. The summed E-state index contributed by atoms with van der Waals surface area (Å²) in [5.41, 5.74) is 14.1. The summed E-state index contributed by atoms with van der Waals surface area (Å²) in [5, 5.41) is 6.59. The molecule has 6 N–H and O–H groups in total. The van der Waals surface area contributed by atoms with Crippen LogP contribution in [0.1, 0.15) is 51.7 Å². The molecule has 10 heteroatoms. The van der Waals surface area contributed by atoms with Crippen molar-refractivity contribution >= 4 is 33.7 Å². The predicted octanol–water partition coefficient (Wildman–Crippen LogP) is 5.62. The van der Waals surface area contributed by atoms with Crippen molar-refractivity contribution in [3.8, 4) is 0 Å². The molecule has 2 rings (SSSR count). The molecule has 0 saturated carbocycles. The second-order valence-electron chi connectivity index (χ2n) is 12.2. The van der Waals surface area contributed by atoms with Crippen molar-refractivity contribution in [3.05, 3.63) is 71.8 Å². The Balaban J connectivity index is 2.06. The smallest absolute Gasteiger partial charge is 0.317 e. The van der Waals surface area contributed by atoms with E-state index in [1.54, 1.807) is 21.6 Å². The molecule has 0 bridgehead atoms. The van der Waals surface area contributed by atoms with E-state index in [4.69, 9.17) is 11.5 Å². The van der Waals surface area contributed by atoms with Crippen molar-refractivity contribution in [1.82, 2.24) is 20.4 Å². The molecule has 2 aromatic carbocycles. The van der Waals surface area contributed by atoms with Gasteiger partial charge in [-0.3, -0.25) is 0 Å². The standard InChI is InChI=1S/C34H56N6O2S2/c1-27(2)15-19-39(21-17-35)33(41)37-31(23-29-11-7-5-8-12-29)25-43-44-26-32(24-30-13-9-6-10-14-30)38-34(42)40(22-18-36)20-16-28(3)4/h5-14,27-28,31-32H,15-26,35-36H2,1-4H3,(H,37,41)(H,38,42). The first-order chi connectivity index (χ1) is 21.2. The molecule has 0 heterocycles. The van der Waals surface area contributed by atoms with E-state index in [1.165, 1.54) is 11.1 Å². The quantitative estimate of drug-likeness (QED) is 0.104. The highest BCUT2D eigenvalue weighted by molar-refractivity contribution is 8.76. The van der Waals surface area contributed by atoms with Gasteiger partial charge in [-0.15, -0.1) is 0 Å². The molecule has 0 aliphatic heterocycles. The zero-order chi connectivity index (χ0) is 32.2. The third-order valence-corrected chi connectivity index (χ3v) is 9.81. The third kappa shape index (κ3) is 16.1. The molecule has 246 valence electrons. The Labute approximate surface area is 274 Å². The second-order valence-corrected chi connectivity index (χ2v) is 14.7. The van der Waals surface area contributed by atoms with Gasteiger partial charge in [0.25, 0.3) is 0 Å². The number of nitrogens with one attached hydrogen (secondary N) is 2. The molecule has 0 aliphatic rings. The number of nitrogens with zero attached hydrogens (tertiary/aromatic N) is 2. The number of hydrogen-bond acceptors (Lipinski definition) is 6. The molecule has 0 spiro atoms. The summed E-state index contributed by atoms with van der Waals surface area (Å²) in [6, 6.07) is 20.4. The summed E-state index contributed by atoms with van der Waals surface area (Å²) in [4.78, 5) is 30.3. The van der Waals surface area contributed by atoms with Crippen LogP contribution in [-0.4, -0.2) is 84.7 Å². The lowest BCUT2D eigenvalue weighted by molar-refractivity contribution is 0.192. The van der Waals surface area contributed by atoms with E-state index >= 15 is 0 Å². The predicted molar refractivity (Wildman–Crippen MR) is 190 cm³/mol. The van der Waals surface area contributed by atoms with Crippen LogP contribution < -0.4 is 22.1 Å². The largest absolute Gasteiger partial charge is 0.334 e. The first-order valence-electron chi connectivity index (χ1n) is 16.0. The van der Waals surface area contributed by atoms with Crippen LogP contribution in [0, 0.1) is 11.8 Å². The monoisotopic (exact) mass is 644 g/mol. The topological polar surface area (TPSA) is 117 Å².